The first-order valence-corrected chi connectivity index (χ1v) is 8.66. The number of pyridine rings is 1. The summed E-state index contributed by atoms with van der Waals surface area (Å²) < 4.78 is 48.1. The smallest absolute Gasteiger partial charge is 0.274 e. The molecule has 1 atom stereocenters. The highest BCUT2D eigenvalue weighted by Gasteiger charge is 2.49. The van der Waals surface area contributed by atoms with Gasteiger partial charge >= 0.3 is 0 Å². The van der Waals surface area contributed by atoms with Crippen LogP contribution in [0.3, 0.4) is 0 Å². The Morgan fingerprint density at radius 2 is 1.97 bits per heavy atom. The van der Waals surface area contributed by atoms with Gasteiger partial charge in [0.05, 0.1) is 18.5 Å². The summed E-state index contributed by atoms with van der Waals surface area (Å²) in [6.45, 7) is 2.58. The van der Waals surface area contributed by atoms with E-state index in [0.717, 1.165) is 12.1 Å². The Morgan fingerprint density at radius 3 is 2.55 bits per heavy atom. The molecule has 5 N–H and O–H groups in total. The third-order valence-electron chi connectivity index (χ3n) is 4.66. The van der Waals surface area contributed by atoms with Crippen molar-refractivity contribution >= 4 is 23.1 Å². The molecule has 7 nitrogen and oxygen atoms in total. The highest BCUT2D eigenvalue weighted by Crippen LogP contribution is 2.40. The fourth-order valence-corrected chi connectivity index (χ4v) is 2.78. The van der Waals surface area contributed by atoms with E-state index in [2.05, 4.69) is 15.3 Å². The second kappa shape index (κ2) is 7.36. The number of carbonyl (C=O) groups is 1. The lowest BCUT2D eigenvalue weighted by molar-refractivity contribution is -0.0662. The zero-order valence-corrected chi connectivity index (χ0v) is 15.7. The SMILES string of the molecule is CC1(C)OCC(c2cc(NC(=O)c3ccc(N)cn3)ccc2F)(C(F)F)N=C1N. The average Bonchev–Trinajstić information content (AvgIpc) is 2.66. The Bertz CT molecular complexity index is 963. The van der Waals surface area contributed by atoms with Crippen molar-refractivity contribution in [3.63, 3.8) is 0 Å². The number of aliphatic imine (C=N–C) groups is 1. The van der Waals surface area contributed by atoms with E-state index >= 15 is 0 Å². The zero-order chi connectivity index (χ0) is 21.4. The van der Waals surface area contributed by atoms with Crippen LogP contribution in [0, 0.1) is 5.82 Å². The van der Waals surface area contributed by atoms with E-state index in [4.69, 9.17) is 16.2 Å². The molecule has 0 saturated carbocycles. The van der Waals surface area contributed by atoms with E-state index in [-0.39, 0.29) is 17.2 Å². The number of nitrogen functional groups attached to an aromatic ring is 1. The summed E-state index contributed by atoms with van der Waals surface area (Å²) in [6, 6.07) is 6.19. The number of benzene rings is 1. The quantitative estimate of drug-likeness (QED) is 0.721. The van der Waals surface area contributed by atoms with Gasteiger partial charge in [0.15, 0.2) is 5.54 Å². The average molecular weight is 407 g/mol. The van der Waals surface area contributed by atoms with Gasteiger partial charge in [-0.2, -0.15) is 0 Å². The van der Waals surface area contributed by atoms with Crippen molar-refractivity contribution < 1.29 is 22.7 Å². The normalized spacial score (nSPS) is 21.0. The first kappa shape index (κ1) is 20.6. The van der Waals surface area contributed by atoms with Gasteiger partial charge in [-0.1, -0.05) is 0 Å². The molecule has 0 spiro atoms. The topological polar surface area (TPSA) is 116 Å². The van der Waals surface area contributed by atoms with Gasteiger partial charge in [-0.3, -0.25) is 4.79 Å². The summed E-state index contributed by atoms with van der Waals surface area (Å²) in [5.41, 5.74) is 8.03. The molecule has 0 bridgehead atoms. The van der Waals surface area contributed by atoms with Gasteiger partial charge in [-0.15, -0.1) is 0 Å². The van der Waals surface area contributed by atoms with E-state index in [0.29, 0.717) is 5.69 Å². The Kier molecular flexibility index (Phi) is 5.22. The first-order valence-electron chi connectivity index (χ1n) is 8.66. The van der Waals surface area contributed by atoms with Gasteiger partial charge in [0.1, 0.15) is 22.9 Å². The molecule has 1 aliphatic heterocycles. The van der Waals surface area contributed by atoms with E-state index in [1.54, 1.807) is 13.8 Å². The molecule has 0 fully saturated rings. The predicted molar refractivity (Wildman–Crippen MR) is 102 cm³/mol. The molecule has 0 aliphatic carbocycles. The van der Waals surface area contributed by atoms with E-state index in [9.17, 15) is 18.0 Å². The maximum atomic E-state index is 14.5. The molecule has 1 aromatic heterocycles. The van der Waals surface area contributed by atoms with Crippen LogP contribution in [-0.4, -0.2) is 35.4 Å². The highest BCUT2D eigenvalue weighted by molar-refractivity contribution is 6.03. The number of amidine groups is 1. The largest absolute Gasteiger partial charge is 0.397 e. The highest BCUT2D eigenvalue weighted by atomic mass is 19.3. The Morgan fingerprint density at radius 1 is 1.24 bits per heavy atom. The second-order valence-corrected chi connectivity index (χ2v) is 7.15. The summed E-state index contributed by atoms with van der Waals surface area (Å²) in [4.78, 5) is 20.1. The monoisotopic (exact) mass is 407 g/mol. The summed E-state index contributed by atoms with van der Waals surface area (Å²) in [7, 11) is 0. The van der Waals surface area contributed by atoms with Gasteiger partial charge in [-0.25, -0.2) is 23.1 Å². The molecular formula is C19H20F3N5O2. The van der Waals surface area contributed by atoms with Crippen LogP contribution in [0.5, 0.6) is 0 Å². The molecule has 2 aromatic rings. The fourth-order valence-electron chi connectivity index (χ4n) is 2.78. The molecule has 1 aliphatic rings. The molecule has 0 radical (unpaired) electrons. The molecule has 154 valence electrons. The van der Waals surface area contributed by atoms with Crippen LogP contribution in [0.25, 0.3) is 0 Å². The second-order valence-electron chi connectivity index (χ2n) is 7.15. The standard InChI is InChI=1S/C19H20F3N5O2/c1-18(2)17(24)27-19(9-29-18,16(21)22)12-7-11(4-5-13(12)20)26-15(28)14-6-3-10(23)8-25-14/h3-8,16H,9,23H2,1-2H3,(H2,24,27)(H,26,28). The number of carbonyl (C=O) groups excluding carboxylic acids is 1. The van der Waals surface area contributed by atoms with Crippen molar-refractivity contribution in [1.82, 2.24) is 4.98 Å². The van der Waals surface area contributed by atoms with Crippen molar-refractivity contribution in [2.45, 2.75) is 31.4 Å². The van der Waals surface area contributed by atoms with E-state index < -0.39 is 41.5 Å². The molecule has 10 heteroatoms. The van der Waals surface area contributed by atoms with Gasteiger partial charge in [-0.05, 0) is 44.2 Å². The number of ether oxygens (including phenoxy) is 1. The number of nitrogens with one attached hydrogen (secondary N) is 1. The summed E-state index contributed by atoms with van der Waals surface area (Å²) >= 11 is 0. The van der Waals surface area contributed by atoms with Crippen molar-refractivity contribution in [1.29, 1.82) is 0 Å². The number of nitrogens with zero attached hydrogens (tertiary/aromatic N) is 2. The third kappa shape index (κ3) is 3.88. The Hall–Kier alpha value is -3.14. The van der Waals surface area contributed by atoms with Gasteiger partial charge in [0, 0.05) is 11.3 Å². The summed E-state index contributed by atoms with van der Waals surface area (Å²) in [5.74, 6) is -1.71. The van der Waals surface area contributed by atoms with Crippen LogP contribution < -0.4 is 16.8 Å². The van der Waals surface area contributed by atoms with Crippen molar-refractivity contribution in [2.75, 3.05) is 17.7 Å². The van der Waals surface area contributed by atoms with E-state index in [1.807, 2.05) is 0 Å². The molecule has 29 heavy (non-hydrogen) atoms. The number of hydrogen-bond donors (Lipinski definition) is 3. The fraction of sp³-hybridized carbons (Fsp3) is 0.316. The van der Waals surface area contributed by atoms with E-state index in [1.165, 1.54) is 24.4 Å². The van der Waals surface area contributed by atoms with Crippen LogP contribution in [0.4, 0.5) is 24.5 Å². The lowest BCUT2D eigenvalue weighted by atomic mass is 9.88. The molecule has 1 amide bonds. The van der Waals surface area contributed by atoms with Crippen LogP contribution in [0.15, 0.2) is 41.5 Å². The number of anilines is 2. The molecule has 1 aromatic carbocycles. The Balaban J connectivity index is 1.98. The molecule has 2 heterocycles. The predicted octanol–water partition coefficient (Wildman–Crippen LogP) is 2.68. The lowest BCUT2D eigenvalue weighted by Crippen LogP contribution is -2.53. The van der Waals surface area contributed by atoms with Crippen LogP contribution >= 0.6 is 0 Å². The maximum absolute atomic E-state index is 14.5. The number of alkyl halides is 2. The number of hydrogen-bond acceptors (Lipinski definition) is 6. The molecule has 0 saturated heterocycles. The first-order chi connectivity index (χ1) is 13.5. The van der Waals surface area contributed by atoms with Crippen molar-refractivity contribution in [3.8, 4) is 0 Å². The van der Waals surface area contributed by atoms with Crippen LogP contribution in [-0.2, 0) is 10.3 Å². The van der Waals surface area contributed by atoms with Gasteiger partial charge < -0.3 is 21.5 Å². The lowest BCUT2D eigenvalue weighted by Gasteiger charge is -2.40. The summed E-state index contributed by atoms with van der Waals surface area (Å²) in [6.07, 6.45) is -1.80. The van der Waals surface area contributed by atoms with Crippen LogP contribution in [0.2, 0.25) is 0 Å². The summed E-state index contributed by atoms with van der Waals surface area (Å²) in [5, 5.41) is 2.49. The number of amides is 1. The molecule has 3 rings (SSSR count). The van der Waals surface area contributed by atoms with Crippen molar-refractivity contribution in [2.24, 2.45) is 10.7 Å². The van der Waals surface area contributed by atoms with Crippen LogP contribution in [0.1, 0.15) is 29.9 Å². The molecular weight excluding hydrogens is 387 g/mol. The number of aromatic nitrogens is 1. The van der Waals surface area contributed by atoms with Gasteiger partial charge in [0.25, 0.3) is 12.3 Å². The minimum atomic E-state index is -3.10. The minimum Gasteiger partial charge on any atom is -0.397 e. The zero-order valence-electron chi connectivity index (χ0n) is 15.7. The van der Waals surface area contributed by atoms with Crippen molar-refractivity contribution in [3.05, 3.63) is 53.6 Å². The Labute approximate surface area is 165 Å². The number of rotatable bonds is 4. The molecule has 1 unspecified atom stereocenters. The third-order valence-corrected chi connectivity index (χ3v) is 4.66. The number of nitrogens with two attached hydrogens (primary N) is 2. The number of halogens is 3. The minimum absolute atomic E-state index is 0.0543. The van der Waals surface area contributed by atoms with Gasteiger partial charge in [0.2, 0.25) is 0 Å². The maximum Gasteiger partial charge on any atom is 0.274 e.